The number of carboxylic acid groups (broad SMARTS) is 1. The van der Waals surface area contributed by atoms with Crippen LogP contribution < -0.4 is 0 Å². The fourth-order valence-electron chi connectivity index (χ4n) is 1.88. The molecule has 0 fully saturated rings. The van der Waals surface area contributed by atoms with Gasteiger partial charge in [-0.25, -0.2) is 14.8 Å². The summed E-state index contributed by atoms with van der Waals surface area (Å²) >= 11 is 2.58. The number of thioether (sulfide) groups is 1. The van der Waals surface area contributed by atoms with Crippen LogP contribution in [0.4, 0.5) is 0 Å². The molecule has 0 aliphatic carbocycles. The van der Waals surface area contributed by atoms with Gasteiger partial charge >= 0.3 is 5.97 Å². The maximum atomic E-state index is 11.2. The van der Waals surface area contributed by atoms with Crippen LogP contribution in [0.15, 0.2) is 15.8 Å². The molecule has 3 rings (SSSR count). The first-order valence-corrected chi connectivity index (χ1v) is 7.75. The van der Waals surface area contributed by atoms with Crippen LogP contribution in [0.2, 0.25) is 0 Å². The van der Waals surface area contributed by atoms with E-state index in [-0.39, 0.29) is 0 Å². The third kappa shape index (κ3) is 2.61. The average molecular weight is 322 g/mol. The first-order chi connectivity index (χ1) is 10.1. The number of thiophene rings is 1. The molecule has 21 heavy (non-hydrogen) atoms. The van der Waals surface area contributed by atoms with E-state index in [0.29, 0.717) is 32.8 Å². The summed E-state index contributed by atoms with van der Waals surface area (Å²) < 4.78 is 5.31. The zero-order chi connectivity index (χ0) is 15.0. The Hall–Kier alpha value is -2.00. The number of hydrogen-bond donors (Lipinski definition) is 1. The molecule has 9 heteroatoms. The predicted molar refractivity (Wildman–Crippen MR) is 77.7 cm³/mol. The minimum absolute atomic E-state index is 0.293. The van der Waals surface area contributed by atoms with Crippen LogP contribution >= 0.6 is 23.1 Å². The molecule has 0 bridgehead atoms. The summed E-state index contributed by atoms with van der Waals surface area (Å²) in [6.45, 7) is 3.50. The van der Waals surface area contributed by atoms with Gasteiger partial charge in [0.05, 0.1) is 5.75 Å². The van der Waals surface area contributed by atoms with Crippen LogP contribution in [0.1, 0.15) is 27.0 Å². The molecule has 3 heterocycles. The van der Waals surface area contributed by atoms with Crippen LogP contribution in [0, 0.1) is 13.8 Å². The van der Waals surface area contributed by atoms with Gasteiger partial charge in [0, 0.05) is 12.3 Å². The van der Waals surface area contributed by atoms with Crippen molar-refractivity contribution in [2.45, 2.75) is 24.6 Å². The van der Waals surface area contributed by atoms with Gasteiger partial charge in [-0.05, 0) is 12.5 Å². The molecule has 3 aromatic heterocycles. The molecule has 0 amide bonds. The highest BCUT2D eigenvalue weighted by Gasteiger charge is 2.19. The maximum Gasteiger partial charge on any atom is 0.346 e. The molecule has 7 nitrogen and oxygen atoms in total. The summed E-state index contributed by atoms with van der Waals surface area (Å²) in [7, 11) is 0. The molecule has 0 atom stereocenters. The average Bonchev–Trinajstić information content (AvgIpc) is 3.01. The van der Waals surface area contributed by atoms with Crippen LogP contribution in [0.25, 0.3) is 10.2 Å². The molecule has 3 aromatic rings. The first-order valence-electron chi connectivity index (χ1n) is 5.95. The van der Waals surface area contributed by atoms with Crippen molar-refractivity contribution in [1.82, 2.24) is 20.2 Å². The van der Waals surface area contributed by atoms with Crippen molar-refractivity contribution in [1.29, 1.82) is 0 Å². The summed E-state index contributed by atoms with van der Waals surface area (Å²) in [6, 6.07) is 0. The molecule has 0 unspecified atom stereocenters. The molecular formula is C12H10N4O3S2. The van der Waals surface area contributed by atoms with Gasteiger partial charge < -0.3 is 9.52 Å². The summed E-state index contributed by atoms with van der Waals surface area (Å²) in [4.78, 5) is 20.6. The summed E-state index contributed by atoms with van der Waals surface area (Å²) in [5.74, 6) is 0.554. The summed E-state index contributed by atoms with van der Waals surface area (Å²) in [5.41, 5.74) is 0.687. The third-order valence-corrected chi connectivity index (χ3v) is 4.95. The van der Waals surface area contributed by atoms with Crippen LogP contribution in [-0.4, -0.2) is 31.2 Å². The highest BCUT2D eigenvalue weighted by atomic mass is 32.2. The predicted octanol–water partition coefficient (Wildman–Crippen LogP) is 2.68. The smallest absolute Gasteiger partial charge is 0.346 e. The SMILES string of the molecule is Cc1nnc(CSc2ncnc3sc(C(=O)O)c(C)c23)o1. The number of rotatable bonds is 4. The largest absolute Gasteiger partial charge is 0.477 e. The van der Waals surface area contributed by atoms with E-state index in [1.54, 1.807) is 13.8 Å². The molecule has 0 aromatic carbocycles. The summed E-state index contributed by atoms with van der Waals surface area (Å²) in [6.07, 6.45) is 1.44. The lowest BCUT2D eigenvalue weighted by Crippen LogP contribution is -1.94. The van der Waals surface area contributed by atoms with E-state index in [2.05, 4.69) is 20.2 Å². The number of carboxylic acids is 1. The Morgan fingerprint density at radius 2 is 2.19 bits per heavy atom. The van der Waals surface area contributed by atoms with Crippen molar-refractivity contribution in [3.63, 3.8) is 0 Å². The molecule has 0 aliphatic rings. The highest BCUT2D eigenvalue weighted by Crippen LogP contribution is 2.35. The van der Waals surface area contributed by atoms with Gasteiger partial charge in [-0.15, -0.1) is 21.5 Å². The monoisotopic (exact) mass is 322 g/mol. The van der Waals surface area contributed by atoms with Gasteiger partial charge in [0.25, 0.3) is 0 Å². The van der Waals surface area contributed by atoms with E-state index in [1.165, 1.54) is 18.1 Å². The van der Waals surface area contributed by atoms with Gasteiger partial charge in [0.15, 0.2) is 0 Å². The van der Waals surface area contributed by atoms with Gasteiger partial charge in [-0.2, -0.15) is 0 Å². The Labute approximate surface area is 127 Å². The van der Waals surface area contributed by atoms with Crippen molar-refractivity contribution in [3.8, 4) is 0 Å². The molecule has 0 aliphatic heterocycles. The fourth-order valence-corrected chi connectivity index (χ4v) is 3.82. The van der Waals surface area contributed by atoms with Crippen molar-refractivity contribution >= 4 is 39.3 Å². The van der Waals surface area contributed by atoms with Crippen molar-refractivity contribution in [2.75, 3.05) is 0 Å². The Kier molecular flexibility index (Phi) is 3.60. The first kappa shape index (κ1) is 14.0. The number of aromatic nitrogens is 4. The number of nitrogens with zero attached hydrogens (tertiary/aromatic N) is 4. The van der Waals surface area contributed by atoms with Gasteiger partial charge in [-0.1, -0.05) is 11.8 Å². The zero-order valence-corrected chi connectivity index (χ0v) is 12.8. The fraction of sp³-hybridized carbons (Fsp3) is 0.250. The van der Waals surface area contributed by atoms with E-state index < -0.39 is 5.97 Å². The number of fused-ring (bicyclic) bond motifs is 1. The molecular weight excluding hydrogens is 312 g/mol. The van der Waals surface area contributed by atoms with Gasteiger partial charge in [-0.3, -0.25) is 0 Å². The quantitative estimate of drug-likeness (QED) is 0.578. The Morgan fingerprint density at radius 1 is 1.38 bits per heavy atom. The number of aryl methyl sites for hydroxylation is 2. The van der Waals surface area contributed by atoms with Gasteiger partial charge in [0.2, 0.25) is 11.8 Å². The molecule has 0 saturated carbocycles. The second-order valence-corrected chi connectivity index (χ2v) is 6.19. The molecule has 0 spiro atoms. The molecule has 1 N–H and O–H groups in total. The molecule has 0 saturated heterocycles. The van der Waals surface area contributed by atoms with Crippen molar-refractivity contribution in [2.24, 2.45) is 0 Å². The lowest BCUT2D eigenvalue weighted by atomic mass is 10.2. The topological polar surface area (TPSA) is 102 Å². The lowest BCUT2D eigenvalue weighted by Gasteiger charge is -2.00. The minimum Gasteiger partial charge on any atom is -0.477 e. The Balaban J connectivity index is 1.96. The minimum atomic E-state index is -0.945. The Morgan fingerprint density at radius 3 is 2.86 bits per heavy atom. The van der Waals surface area contributed by atoms with Crippen LogP contribution in [-0.2, 0) is 5.75 Å². The number of aromatic carboxylic acids is 1. The van der Waals surface area contributed by atoms with E-state index in [1.807, 2.05) is 0 Å². The van der Waals surface area contributed by atoms with E-state index >= 15 is 0 Å². The van der Waals surface area contributed by atoms with Crippen molar-refractivity contribution < 1.29 is 14.3 Å². The maximum absolute atomic E-state index is 11.2. The summed E-state index contributed by atoms with van der Waals surface area (Å²) in [5, 5.41) is 18.4. The van der Waals surface area contributed by atoms with Gasteiger partial charge in [0.1, 0.15) is 21.1 Å². The van der Waals surface area contributed by atoms with E-state index in [9.17, 15) is 9.90 Å². The van der Waals surface area contributed by atoms with Crippen LogP contribution in [0.3, 0.4) is 0 Å². The van der Waals surface area contributed by atoms with E-state index in [0.717, 1.165) is 21.7 Å². The zero-order valence-electron chi connectivity index (χ0n) is 11.2. The number of carbonyl (C=O) groups is 1. The van der Waals surface area contributed by atoms with E-state index in [4.69, 9.17) is 4.42 Å². The highest BCUT2D eigenvalue weighted by molar-refractivity contribution is 7.98. The standard InChI is InChI=1S/C12H10N4O3S2/c1-5-8-10(20-3-7-16-15-6(2)19-7)13-4-14-11(8)21-9(5)12(17)18/h4H,3H2,1-2H3,(H,17,18). The molecule has 108 valence electrons. The lowest BCUT2D eigenvalue weighted by molar-refractivity contribution is 0.0701. The normalized spacial score (nSPS) is 11.1. The second kappa shape index (κ2) is 5.41. The Bertz CT molecular complexity index is 827. The molecule has 0 radical (unpaired) electrons. The third-order valence-electron chi connectivity index (χ3n) is 2.79. The van der Waals surface area contributed by atoms with Crippen LogP contribution in [0.5, 0.6) is 0 Å². The van der Waals surface area contributed by atoms with Crippen molar-refractivity contribution in [3.05, 3.63) is 28.5 Å². The second-order valence-electron chi connectivity index (χ2n) is 4.22. The number of hydrogen-bond acceptors (Lipinski definition) is 8.